The van der Waals surface area contributed by atoms with E-state index in [2.05, 4.69) is 28.9 Å². The molecule has 0 saturated carbocycles. The Morgan fingerprint density at radius 3 is 2.77 bits per heavy atom. The van der Waals surface area contributed by atoms with Gasteiger partial charge in [-0.15, -0.1) is 5.10 Å². The molecular weight excluding hydrogens is 164 g/mol. The summed E-state index contributed by atoms with van der Waals surface area (Å²) in [6.07, 6.45) is 1.67. The average Bonchev–Trinajstić information content (AvgIpc) is 2.16. The fourth-order valence-corrected chi connectivity index (χ4v) is 1.05. The molecule has 0 aromatic carbocycles. The molecule has 0 bridgehead atoms. The van der Waals surface area contributed by atoms with Crippen LogP contribution in [0.3, 0.4) is 0 Å². The van der Waals surface area contributed by atoms with E-state index in [9.17, 15) is 0 Å². The highest BCUT2D eigenvalue weighted by atomic mass is 15.3. The van der Waals surface area contributed by atoms with Gasteiger partial charge in [-0.2, -0.15) is 5.10 Å². The number of hydrogen-bond acceptors (Lipinski definition) is 4. The van der Waals surface area contributed by atoms with Crippen LogP contribution in [-0.2, 0) is 6.54 Å². The molecule has 0 aliphatic heterocycles. The Morgan fingerprint density at radius 1 is 1.54 bits per heavy atom. The van der Waals surface area contributed by atoms with Crippen molar-refractivity contribution in [2.45, 2.75) is 26.4 Å². The van der Waals surface area contributed by atoms with Gasteiger partial charge in [-0.05, 0) is 19.9 Å². The van der Waals surface area contributed by atoms with Crippen LogP contribution in [0, 0.1) is 0 Å². The Kier molecular flexibility index (Phi) is 3.19. The second-order valence-corrected chi connectivity index (χ2v) is 3.29. The molecule has 1 aromatic rings. The van der Waals surface area contributed by atoms with Crippen molar-refractivity contribution in [2.24, 2.45) is 5.73 Å². The smallest absolute Gasteiger partial charge is 0.155 e. The molecule has 0 amide bonds. The molecule has 1 aromatic heterocycles. The first-order valence-electron chi connectivity index (χ1n) is 4.40. The van der Waals surface area contributed by atoms with E-state index in [-0.39, 0.29) is 0 Å². The minimum Gasteiger partial charge on any atom is -0.355 e. The van der Waals surface area contributed by atoms with Gasteiger partial charge < -0.3 is 10.6 Å². The van der Waals surface area contributed by atoms with Crippen LogP contribution in [0.5, 0.6) is 0 Å². The molecule has 13 heavy (non-hydrogen) atoms. The summed E-state index contributed by atoms with van der Waals surface area (Å²) < 4.78 is 0. The molecular formula is C9H16N4. The molecule has 0 spiro atoms. The topological polar surface area (TPSA) is 55.0 Å². The maximum absolute atomic E-state index is 5.59. The lowest BCUT2D eigenvalue weighted by Crippen LogP contribution is -2.28. The van der Waals surface area contributed by atoms with E-state index >= 15 is 0 Å². The SMILES string of the molecule is CC(C)N(C)c1nnccc1CN. The summed E-state index contributed by atoms with van der Waals surface area (Å²) in [5.74, 6) is 0.875. The minimum atomic E-state index is 0.405. The summed E-state index contributed by atoms with van der Waals surface area (Å²) in [7, 11) is 1.99. The molecule has 0 aliphatic rings. The summed E-state index contributed by atoms with van der Waals surface area (Å²) in [6, 6.07) is 2.31. The Labute approximate surface area is 78.8 Å². The van der Waals surface area contributed by atoms with Gasteiger partial charge in [-0.25, -0.2) is 0 Å². The van der Waals surface area contributed by atoms with Crippen LogP contribution in [0.2, 0.25) is 0 Å². The molecule has 4 nitrogen and oxygen atoms in total. The van der Waals surface area contributed by atoms with E-state index in [4.69, 9.17) is 5.73 Å². The van der Waals surface area contributed by atoms with Crippen molar-refractivity contribution in [1.82, 2.24) is 10.2 Å². The highest BCUT2D eigenvalue weighted by molar-refractivity contribution is 5.45. The number of hydrogen-bond donors (Lipinski definition) is 1. The predicted molar refractivity (Wildman–Crippen MR) is 53.5 cm³/mol. The second-order valence-electron chi connectivity index (χ2n) is 3.29. The third-order valence-electron chi connectivity index (χ3n) is 2.11. The number of aromatic nitrogens is 2. The lowest BCUT2D eigenvalue weighted by atomic mass is 10.2. The van der Waals surface area contributed by atoms with E-state index in [1.807, 2.05) is 13.1 Å². The highest BCUT2D eigenvalue weighted by Crippen LogP contribution is 2.15. The zero-order valence-electron chi connectivity index (χ0n) is 8.36. The maximum Gasteiger partial charge on any atom is 0.155 e. The first kappa shape index (κ1) is 9.92. The van der Waals surface area contributed by atoms with Crippen molar-refractivity contribution in [3.05, 3.63) is 17.8 Å². The van der Waals surface area contributed by atoms with Crippen LogP contribution in [0.15, 0.2) is 12.3 Å². The first-order valence-corrected chi connectivity index (χ1v) is 4.40. The van der Waals surface area contributed by atoms with E-state index in [1.54, 1.807) is 6.20 Å². The third-order valence-corrected chi connectivity index (χ3v) is 2.11. The van der Waals surface area contributed by atoms with Gasteiger partial charge in [0.2, 0.25) is 0 Å². The zero-order chi connectivity index (χ0) is 9.84. The van der Waals surface area contributed by atoms with Crippen molar-refractivity contribution in [1.29, 1.82) is 0 Å². The zero-order valence-corrected chi connectivity index (χ0v) is 8.36. The average molecular weight is 180 g/mol. The van der Waals surface area contributed by atoms with Gasteiger partial charge in [0.05, 0.1) is 6.20 Å². The van der Waals surface area contributed by atoms with E-state index in [0.29, 0.717) is 12.6 Å². The van der Waals surface area contributed by atoms with Gasteiger partial charge in [0.25, 0.3) is 0 Å². The Morgan fingerprint density at radius 2 is 2.23 bits per heavy atom. The first-order chi connectivity index (χ1) is 6.16. The molecule has 0 aliphatic carbocycles. The molecule has 1 heterocycles. The van der Waals surface area contributed by atoms with Gasteiger partial charge in [0.15, 0.2) is 5.82 Å². The number of nitrogens with two attached hydrogens (primary N) is 1. The third kappa shape index (κ3) is 2.15. The highest BCUT2D eigenvalue weighted by Gasteiger charge is 2.10. The quantitative estimate of drug-likeness (QED) is 0.746. The van der Waals surface area contributed by atoms with E-state index in [1.165, 1.54) is 0 Å². The van der Waals surface area contributed by atoms with Crippen LogP contribution < -0.4 is 10.6 Å². The number of nitrogens with zero attached hydrogens (tertiary/aromatic N) is 3. The maximum atomic E-state index is 5.59. The van der Waals surface area contributed by atoms with Gasteiger partial charge in [0, 0.05) is 25.2 Å². The lowest BCUT2D eigenvalue weighted by molar-refractivity contribution is 0.726. The molecule has 0 atom stereocenters. The molecule has 1 rings (SSSR count). The minimum absolute atomic E-state index is 0.405. The van der Waals surface area contributed by atoms with Gasteiger partial charge in [-0.3, -0.25) is 0 Å². The molecule has 0 radical (unpaired) electrons. The van der Waals surface area contributed by atoms with Crippen molar-refractivity contribution >= 4 is 5.82 Å². The summed E-state index contributed by atoms with van der Waals surface area (Å²) in [4.78, 5) is 2.06. The van der Waals surface area contributed by atoms with Gasteiger partial charge >= 0.3 is 0 Å². The summed E-state index contributed by atoms with van der Waals surface area (Å²) in [5.41, 5.74) is 6.63. The van der Waals surface area contributed by atoms with Crippen LogP contribution >= 0.6 is 0 Å². The Bertz CT molecular complexity index is 272. The largest absolute Gasteiger partial charge is 0.355 e. The second kappa shape index (κ2) is 4.18. The fourth-order valence-electron chi connectivity index (χ4n) is 1.05. The Balaban J connectivity index is 2.98. The van der Waals surface area contributed by atoms with Crippen LogP contribution in [0.25, 0.3) is 0 Å². The van der Waals surface area contributed by atoms with Crippen LogP contribution in [-0.4, -0.2) is 23.3 Å². The normalized spacial score (nSPS) is 10.5. The Hall–Kier alpha value is -1.16. The molecule has 0 saturated heterocycles. The van der Waals surface area contributed by atoms with E-state index in [0.717, 1.165) is 11.4 Å². The van der Waals surface area contributed by atoms with Gasteiger partial charge in [-0.1, -0.05) is 0 Å². The monoisotopic (exact) mass is 180 g/mol. The van der Waals surface area contributed by atoms with Crippen LogP contribution in [0.4, 0.5) is 5.82 Å². The van der Waals surface area contributed by atoms with Crippen molar-refractivity contribution in [3.63, 3.8) is 0 Å². The summed E-state index contributed by atoms with van der Waals surface area (Å²) in [5, 5.41) is 7.92. The molecule has 72 valence electrons. The molecule has 0 fully saturated rings. The number of anilines is 1. The van der Waals surface area contributed by atoms with Crippen molar-refractivity contribution in [2.75, 3.05) is 11.9 Å². The molecule has 4 heteroatoms. The number of rotatable bonds is 3. The van der Waals surface area contributed by atoms with Gasteiger partial charge in [0.1, 0.15) is 0 Å². The molecule has 2 N–H and O–H groups in total. The standard InChI is InChI=1S/C9H16N4/c1-7(2)13(3)9-8(6-10)4-5-11-12-9/h4-5,7H,6,10H2,1-3H3. The molecule has 0 unspecified atom stereocenters. The summed E-state index contributed by atoms with van der Waals surface area (Å²) >= 11 is 0. The lowest BCUT2D eigenvalue weighted by Gasteiger charge is -2.23. The van der Waals surface area contributed by atoms with Crippen molar-refractivity contribution < 1.29 is 0 Å². The van der Waals surface area contributed by atoms with E-state index < -0.39 is 0 Å². The van der Waals surface area contributed by atoms with Crippen molar-refractivity contribution in [3.8, 4) is 0 Å². The predicted octanol–water partition coefficient (Wildman–Crippen LogP) is 0.780. The summed E-state index contributed by atoms with van der Waals surface area (Å²) in [6.45, 7) is 4.71. The fraction of sp³-hybridized carbons (Fsp3) is 0.556. The van der Waals surface area contributed by atoms with Crippen LogP contribution in [0.1, 0.15) is 19.4 Å².